The molecule has 0 bridgehead atoms. The van der Waals surface area contributed by atoms with Crippen molar-refractivity contribution >= 4 is 11.3 Å². The number of thiazole rings is 1. The number of β-amino-alcohol motifs (C(OH)–C–C–N with tert-alkyl or cyclic N) is 1. The van der Waals surface area contributed by atoms with E-state index in [0.717, 1.165) is 25.3 Å². The van der Waals surface area contributed by atoms with Crippen LogP contribution in [0.3, 0.4) is 0 Å². The third kappa shape index (κ3) is 2.69. The van der Waals surface area contributed by atoms with Crippen LogP contribution in [0.1, 0.15) is 44.3 Å². The average Bonchev–Trinajstić information content (AvgIpc) is 2.63. The standard InChI is InChI=1S/C13H22N2OS/c1-9(2)12-14-11(6-17-12)5-15-7-13(16,8-15)10(3)4/h6,9-10,16H,5,7-8H2,1-4H3. The zero-order valence-corrected chi connectivity index (χ0v) is 11.9. The molecule has 0 saturated carbocycles. The normalized spacial score (nSPS) is 19.9. The van der Waals surface area contributed by atoms with Crippen molar-refractivity contribution in [3.63, 3.8) is 0 Å². The quantitative estimate of drug-likeness (QED) is 0.896. The predicted octanol–water partition coefficient (Wildman–Crippen LogP) is 2.47. The van der Waals surface area contributed by atoms with Crippen molar-refractivity contribution in [2.45, 2.75) is 45.8 Å². The molecule has 1 aliphatic rings. The molecule has 1 aromatic heterocycles. The fourth-order valence-corrected chi connectivity index (χ4v) is 2.92. The minimum atomic E-state index is -0.475. The van der Waals surface area contributed by atoms with Crippen molar-refractivity contribution in [1.29, 1.82) is 0 Å². The second-order valence-electron chi connectivity index (χ2n) is 5.74. The number of hydrogen-bond donors (Lipinski definition) is 1. The van der Waals surface area contributed by atoms with Gasteiger partial charge in [0.2, 0.25) is 0 Å². The third-order valence-corrected chi connectivity index (χ3v) is 4.71. The summed E-state index contributed by atoms with van der Waals surface area (Å²) in [5, 5.41) is 13.5. The molecule has 0 atom stereocenters. The van der Waals surface area contributed by atoms with Gasteiger partial charge in [0, 0.05) is 30.9 Å². The maximum Gasteiger partial charge on any atom is 0.0954 e. The van der Waals surface area contributed by atoms with Crippen LogP contribution < -0.4 is 0 Å². The molecule has 1 aliphatic heterocycles. The average molecular weight is 254 g/mol. The van der Waals surface area contributed by atoms with Gasteiger partial charge in [-0.2, -0.15) is 0 Å². The highest BCUT2D eigenvalue weighted by Gasteiger charge is 2.43. The van der Waals surface area contributed by atoms with Crippen molar-refractivity contribution in [3.8, 4) is 0 Å². The van der Waals surface area contributed by atoms with Crippen molar-refractivity contribution in [1.82, 2.24) is 9.88 Å². The van der Waals surface area contributed by atoms with Crippen molar-refractivity contribution in [3.05, 3.63) is 16.1 Å². The molecule has 1 fully saturated rings. The number of aliphatic hydroxyl groups is 1. The van der Waals surface area contributed by atoms with Crippen LogP contribution in [-0.4, -0.2) is 33.7 Å². The van der Waals surface area contributed by atoms with Crippen molar-refractivity contribution in [2.75, 3.05) is 13.1 Å². The fraction of sp³-hybridized carbons (Fsp3) is 0.769. The number of likely N-dealkylation sites (tertiary alicyclic amines) is 1. The number of hydrogen-bond acceptors (Lipinski definition) is 4. The molecular formula is C13H22N2OS. The van der Waals surface area contributed by atoms with Gasteiger partial charge < -0.3 is 5.11 Å². The molecule has 2 rings (SSSR count). The van der Waals surface area contributed by atoms with Crippen LogP contribution in [0.4, 0.5) is 0 Å². The Morgan fingerprint density at radius 2 is 2.06 bits per heavy atom. The van der Waals surface area contributed by atoms with Crippen molar-refractivity contribution < 1.29 is 5.11 Å². The van der Waals surface area contributed by atoms with E-state index >= 15 is 0 Å². The van der Waals surface area contributed by atoms with Gasteiger partial charge in [-0.1, -0.05) is 27.7 Å². The van der Waals surface area contributed by atoms with E-state index in [4.69, 9.17) is 0 Å². The van der Waals surface area contributed by atoms with E-state index in [1.165, 1.54) is 5.01 Å². The van der Waals surface area contributed by atoms with E-state index in [1.54, 1.807) is 11.3 Å². The lowest BCUT2D eigenvalue weighted by molar-refractivity contribution is -0.131. The Kier molecular flexibility index (Phi) is 3.57. The van der Waals surface area contributed by atoms with Crippen molar-refractivity contribution in [2.24, 2.45) is 5.92 Å². The van der Waals surface area contributed by atoms with E-state index < -0.39 is 5.60 Å². The summed E-state index contributed by atoms with van der Waals surface area (Å²) in [4.78, 5) is 6.88. The molecule has 0 aliphatic carbocycles. The van der Waals surface area contributed by atoms with Crippen LogP contribution in [0.15, 0.2) is 5.38 Å². The Morgan fingerprint density at radius 3 is 2.53 bits per heavy atom. The van der Waals surface area contributed by atoms with Gasteiger partial charge in [0.1, 0.15) is 0 Å². The van der Waals surface area contributed by atoms with Gasteiger partial charge in [-0.05, 0) is 5.92 Å². The van der Waals surface area contributed by atoms with Crippen LogP contribution in [0, 0.1) is 5.92 Å². The summed E-state index contributed by atoms with van der Waals surface area (Å²) >= 11 is 1.74. The van der Waals surface area contributed by atoms with Gasteiger partial charge in [0.15, 0.2) is 0 Å². The van der Waals surface area contributed by atoms with Gasteiger partial charge in [-0.3, -0.25) is 4.90 Å². The van der Waals surface area contributed by atoms with Crippen LogP contribution in [0.2, 0.25) is 0 Å². The van der Waals surface area contributed by atoms with E-state index in [1.807, 2.05) is 0 Å². The van der Waals surface area contributed by atoms with Crippen LogP contribution >= 0.6 is 11.3 Å². The van der Waals surface area contributed by atoms with Gasteiger partial charge in [-0.15, -0.1) is 11.3 Å². The first-order valence-corrected chi connectivity index (χ1v) is 7.18. The summed E-state index contributed by atoms with van der Waals surface area (Å²) in [6.07, 6.45) is 0. The molecule has 1 N–H and O–H groups in total. The lowest BCUT2D eigenvalue weighted by Crippen LogP contribution is -2.63. The highest BCUT2D eigenvalue weighted by atomic mass is 32.1. The molecule has 2 heterocycles. The lowest BCUT2D eigenvalue weighted by Gasteiger charge is -2.49. The van der Waals surface area contributed by atoms with E-state index in [9.17, 15) is 5.11 Å². The second kappa shape index (κ2) is 4.67. The number of rotatable bonds is 4. The molecule has 1 saturated heterocycles. The van der Waals surface area contributed by atoms with Crippen LogP contribution in [-0.2, 0) is 6.54 Å². The highest BCUT2D eigenvalue weighted by molar-refractivity contribution is 7.09. The maximum absolute atomic E-state index is 10.2. The third-order valence-electron chi connectivity index (χ3n) is 3.52. The largest absolute Gasteiger partial charge is 0.387 e. The first-order chi connectivity index (χ1) is 7.90. The Morgan fingerprint density at radius 1 is 1.41 bits per heavy atom. The first kappa shape index (κ1) is 13.0. The molecular weight excluding hydrogens is 232 g/mol. The van der Waals surface area contributed by atoms with Crippen LogP contribution in [0.5, 0.6) is 0 Å². The van der Waals surface area contributed by atoms with Gasteiger partial charge >= 0.3 is 0 Å². The first-order valence-electron chi connectivity index (χ1n) is 6.30. The Labute approximate surface area is 107 Å². The molecule has 96 valence electrons. The molecule has 0 amide bonds. The molecule has 0 unspecified atom stereocenters. The molecule has 0 spiro atoms. The summed E-state index contributed by atoms with van der Waals surface area (Å²) in [6.45, 7) is 10.9. The molecule has 4 heteroatoms. The van der Waals surface area contributed by atoms with Gasteiger partial charge in [0.05, 0.1) is 16.3 Å². The van der Waals surface area contributed by atoms with E-state index in [-0.39, 0.29) is 0 Å². The maximum atomic E-state index is 10.2. The molecule has 1 aromatic rings. The highest BCUT2D eigenvalue weighted by Crippen LogP contribution is 2.30. The minimum absolute atomic E-state index is 0.334. The zero-order chi connectivity index (χ0) is 12.6. The van der Waals surface area contributed by atoms with Gasteiger partial charge in [0.25, 0.3) is 0 Å². The smallest absolute Gasteiger partial charge is 0.0954 e. The molecule has 0 aromatic carbocycles. The monoisotopic (exact) mass is 254 g/mol. The lowest BCUT2D eigenvalue weighted by atomic mass is 9.83. The Hall–Kier alpha value is -0.450. The van der Waals surface area contributed by atoms with E-state index in [2.05, 4.69) is 43.0 Å². The summed E-state index contributed by atoms with van der Waals surface area (Å²) in [5.74, 6) is 0.846. The SMILES string of the molecule is CC(C)c1nc(CN2CC(O)(C(C)C)C2)cs1. The number of nitrogens with zero attached hydrogens (tertiary/aromatic N) is 2. The summed E-state index contributed by atoms with van der Waals surface area (Å²) in [6, 6.07) is 0. The molecule has 0 radical (unpaired) electrons. The van der Waals surface area contributed by atoms with Gasteiger partial charge in [-0.25, -0.2) is 4.98 Å². The Bertz CT molecular complexity index is 381. The summed E-state index contributed by atoms with van der Waals surface area (Å²) in [5.41, 5.74) is 0.668. The number of aromatic nitrogens is 1. The summed E-state index contributed by atoms with van der Waals surface area (Å²) in [7, 11) is 0. The minimum Gasteiger partial charge on any atom is -0.387 e. The molecule has 3 nitrogen and oxygen atoms in total. The topological polar surface area (TPSA) is 36.4 Å². The zero-order valence-electron chi connectivity index (χ0n) is 11.1. The van der Waals surface area contributed by atoms with E-state index in [0.29, 0.717) is 11.8 Å². The fourth-order valence-electron chi connectivity index (χ4n) is 2.09. The van der Waals surface area contributed by atoms with Crippen LogP contribution in [0.25, 0.3) is 0 Å². The second-order valence-corrected chi connectivity index (χ2v) is 6.62. The molecule has 17 heavy (non-hydrogen) atoms. The Balaban J connectivity index is 1.87. The predicted molar refractivity (Wildman–Crippen MR) is 71.3 cm³/mol. The summed E-state index contributed by atoms with van der Waals surface area (Å²) < 4.78 is 0.